The zero-order chi connectivity index (χ0) is 14.7. The van der Waals surface area contributed by atoms with Crippen molar-refractivity contribution in [2.24, 2.45) is 0 Å². The van der Waals surface area contributed by atoms with Gasteiger partial charge in [0.1, 0.15) is 12.4 Å². The Morgan fingerprint density at radius 1 is 1.50 bits per heavy atom. The summed E-state index contributed by atoms with van der Waals surface area (Å²) in [7, 11) is 0. The molecule has 0 fully saturated rings. The molecular formula is C14H16FN3O2. The molecule has 0 aliphatic heterocycles. The molecule has 0 unspecified atom stereocenters. The predicted molar refractivity (Wildman–Crippen MR) is 73.4 cm³/mol. The number of ether oxygens (including phenoxy) is 1. The smallest absolute Gasteiger partial charge is 0.327 e. The van der Waals surface area contributed by atoms with Gasteiger partial charge in [-0.25, -0.2) is 4.39 Å². The number of esters is 1. The molecule has 106 valence electrons. The van der Waals surface area contributed by atoms with Gasteiger partial charge in [0.25, 0.3) is 0 Å². The summed E-state index contributed by atoms with van der Waals surface area (Å²) < 4.78 is 19.7. The van der Waals surface area contributed by atoms with Gasteiger partial charge in [-0.3, -0.25) is 9.48 Å². The van der Waals surface area contributed by atoms with E-state index < -0.39 is 5.82 Å². The Morgan fingerprint density at radius 2 is 2.25 bits per heavy atom. The maximum absolute atomic E-state index is 13.3. The van der Waals surface area contributed by atoms with Crippen LogP contribution in [-0.4, -0.2) is 22.4 Å². The van der Waals surface area contributed by atoms with Crippen molar-refractivity contribution in [1.82, 2.24) is 9.78 Å². The van der Waals surface area contributed by atoms with Gasteiger partial charge < -0.3 is 10.5 Å². The number of nitrogens with zero attached hydrogens (tertiary/aromatic N) is 2. The van der Waals surface area contributed by atoms with Crippen molar-refractivity contribution in [3.63, 3.8) is 0 Å². The van der Waals surface area contributed by atoms with Crippen molar-refractivity contribution in [3.05, 3.63) is 35.9 Å². The fourth-order valence-corrected chi connectivity index (χ4v) is 1.93. The number of nitrogens with two attached hydrogens (primary N) is 1. The van der Waals surface area contributed by atoms with E-state index in [1.165, 1.54) is 10.7 Å². The molecule has 20 heavy (non-hydrogen) atoms. The van der Waals surface area contributed by atoms with Gasteiger partial charge >= 0.3 is 5.97 Å². The highest BCUT2D eigenvalue weighted by Crippen LogP contribution is 2.27. The highest BCUT2D eigenvalue weighted by molar-refractivity contribution is 5.71. The van der Waals surface area contributed by atoms with Crippen LogP contribution in [0.25, 0.3) is 11.1 Å². The van der Waals surface area contributed by atoms with Crippen LogP contribution in [0.1, 0.15) is 12.5 Å². The van der Waals surface area contributed by atoms with Gasteiger partial charge in [0.05, 0.1) is 18.5 Å². The Bertz CT molecular complexity index is 637. The molecular weight excluding hydrogens is 261 g/mol. The number of hydrogen-bond acceptors (Lipinski definition) is 4. The van der Waals surface area contributed by atoms with Crippen molar-refractivity contribution >= 4 is 11.7 Å². The first-order chi connectivity index (χ1) is 9.51. The standard InChI is InChI=1S/C14H16FN3O2/c1-3-20-14(19)8-18-7-10(6-17-18)11-5-13(16)12(15)4-9(11)2/h4-7H,3,8,16H2,1-2H3. The first-order valence-corrected chi connectivity index (χ1v) is 6.25. The maximum Gasteiger partial charge on any atom is 0.327 e. The second-order valence-electron chi connectivity index (χ2n) is 4.42. The van der Waals surface area contributed by atoms with Crippen molar-refractivity contribution in [3.8, 4) is 11.1 Å². The van der Waals surface area contributed by atoms with Crippen molar-refractivity contribution < 1.29 is 13.9 Å². The van der Waals surface area contributed by atoms with Crippen molar-refractivity contribution in [2.75, 3.05) is 12.3 Å². The molecule has 1 aromatic carbocycles. The van der Waals surface area contributed by atoms with Crippen LogP contribution in [0.4, 0.5) is 10.1 Å². The zero-order valence-electron chi connectivity index (χ0n) is 11.4. The minimum atomic E-state index is -0.440. The van der Waals surface area contributed by atoms with Gasteiger partial charge in [-0.1, -0.05) is 0 Å². The predicted octanol–water partition coefficient (Wildman–Crippen LogP) is 2.14. The molecule has 2 aromatic rings. The Labute approximate surface area is 116 Å². The van der Waals surface area contributed by atoms with Crippen LogP contribution >= 0.6 is 0 Å². The molecule has 0 aliphatic carbocycles. The summed E-state index contributed by atoms with van der Waals surface area (Å²) in [6.07, 6.45) is 3.31. The van der Waals surface area contributed by atoms with Crippen LogP contribution in [0.15, 0.2) is 24.5 Å². The summed E-state index contributed by atoms with van der Waals surface area (Å²) in [5.74, 6) is -0.789. The molecule has 5 nitrogen and oxygen atoms in total. The third-order valence-corrected chi connectivity index (χ3v) is 2.88. The number of carbonyl (C=O) groups is 1. The monoisotopic (exact) mass is 277 g/mol. The average molecular weight is 277 g/mol. The normalized spacial score (nSPS) is 10.6. The third kappa shape index (κ3) is 2.96. The number of anilines is 1. The molecule has 0 radical (unpaired) electrons. The Hall–Kier alpha value is -2.37. The Kier molecular flexibility index (Phi) is 4.02. The lowest BCUT2D eigenvalue weighted by Crippen LogP contribution is -2.13. The van der Waals surface area contributed by atoms with E-state index >= 15 is 0 Å². The van der Waals surface area contributed by atoms with Crippen LogP contribution in [-0.2, 0) is 16.1 Å². The summed E-state index contributed by atoms with van der Waals surface area (Å²) in [6.45, 7) is 3.92. The summed E-state index contributed by atoms with van der Waals surface area (Å²) in [5.41, 5.74) is 7.99. The minimum Gasteiger partial charge on any atom is -0.465 e. The highest BCUT2D eigenvalue weighted by Gasteiger charge is 2.10. The second kappa shape index (κ2) is 5.73. The second-order valence-corrected chi connectivity index (χ2v) is 4.42. The zero-order valence-corrected chi connectivity index (χ0v) is 11.4. The quantitative estimate of drug-likeness (QED) is 0.686. The van der Waals surface area contributed by atoms with Gasteiger partial charge in [0.15, 0.2) is 0 Å². The number of rotatable bonds is 4. The molecule has 0 atom stereocenters. The topological polar surface area (TPSA) is 70.1 Å². The molecule has 6 heteroatoms. The van der Waals surface area contributed by atoms with Crippen LogP contribution < -0.4 is 5.73 Å². The third-order valence-electron chi connectivity index (χ3n) is 2.88. The van der Waals surface area contributed by atoms with Gasteiger partial charge in [0, 0.05) is 11.8 Å². The molecule has 0 spiro atoms. The van der Waals surface area contributed by atoms with Crippen LogP contribution in [0.3, 0.4) is 0 Å². The first-order valence-electron chi connectivity index (χ1n) is 6.25. The molecule has 0 amide bonds. The lowest BCUT2D eigenvalue weighted by Gasteiger charge is -2.06. The van der Waals surface area contributed by atoms with E-state index in [9.17, 15) is 9.18 Å². The molecule has 1 heterocycles. The van der Waals surface area contributed by atoms with E-state index in [-0.39, 0.29) is 18.2 Å². The van der Waals surface area contributed by atoms with Gasteiger partial charge in [-0.15, -0.1) is 0 Å². The van der Waals surface area contributed by atoms with E-state index in [0.29, 0.717) is 6.61 Å². The number of carbonyl (C=O) groups excluding carboxylic acids is 1. The molecule has 0 saturated carbocycles. The summed E-state index contributed by atoms with van der Waals surface area (Å²) in [6, 6.07) is 2.95. The molecule has 0 saturated heterocycles. The number of halogens is 1. The molecule has 2 N–H and O–H groups in total. The van der Waals surface area contributed by atoms with Gasteiger partial charge in [0.2, 0.25) is 0 Å². The number of aryl methyl sites for hydroxylation is 1. The van der Waals surface area contributed by atoms with Crippen LogP contribution in [0, 0.1) is 12.7 Å². The molecule has 0 aliphatic rings. The lowest BCUT2D eigenvalue weighted by atomic mass is 10.0. The van der Waals surface area contributed by atoms with E-state index in [0.717, 1.165) is 16.7 Å². The summed E-state index contributed by atoms with van der Waals surface area (Å²) >= 11 is 0. The molecule has 2 rings (SSSR count). The van der Waals surface area contributed by atoms with Crippen LogP contribution in [0.5, 0.6) is 0 Å². The first kappa shape index (κ1) is 14.0. The number of aromatic nitrogens is 2. The SMILES string of the molecule is CCOC(=O)Cn1cc(-c2cc(N)c(F)cc2C)cn1. The Balaban J connectivity index is 2.25. The largest absolute Gasteiger partial charge is 0.465 e. The lowest BCUT2D eigenvalue weighted by molar-refractivity contribution is -0.144. The van der Waals surface area contributed by atoms with E-state index in [4.69, 9.17) is 10.5 Å². The van der Waals surface area contributed by atoms with Gasteiger partial charge in [-0.2, -0.15) is 5.10 Å². The van der Waals surface area contributed by atoms with E-state index in [1.807, 2.05) is 0 Å². The fourth-order valence-electron chi connectivity index (χ4n) is 1.93. The fraction of sp³-hybridized carbons (Fsp3) is 0.286. The van der Waals surface area contributed by atoms with Gasteiger partial charge in [-0.05, 0) is 37.1 Å². The summed E-state index contributed by atoms with van der Waals surface area (Å²) in [4.78, 5) is 11.4. The van der Waals surface area contributed by atoms with E-state index in [2.05, 4.69) is 5.10 Å². The van der Waals surface area contributed by atoms with Crippen molar-refractivity contribution in [1.29, 1.82) is 0 Å². The van der Waals surface area contributed by atoms with E-state index in [1.54, 1.807) is 32.3 Å². The highest BCUT2D eigenvalue weighted by atomic mass is 19.1. The number of benzene rings is 1. The minimum absolute atomic E-state index is 0.0452. The molecule has 0 bridgehead atoms. The number of hydrogen-bond donors (Lipinski definition) is 1. The molecule has 1 aromatic heterocycles. The average Bonchev–Trinajstić information content (AvgIpc) is 2.82. The Morgan fingerprint density at radius 3 is 2.95 bits per heavy atom. The van der Waals surface area contributed by atoms with Crippen molar-refractivity contribution in [2.45, 2.75) is 20.4 Å². The van der Waals surface area contributed by atoms with Crippen LogP contribution in [0.2, 0.25) is 0 Å². The summed E-state index contributed by atoms with van der Waals surface area (Å²) in [5, 5.41) is 4.09. The maximum atomic E-state index is 13.3. The number of nitrogen functional groups attached to an aromatic ring is 1.